The van der Waals surface area contributed by atoms with Gasteiger partial charge < -0.3 is 20.7 Å². The number of hydrogen-bond donors (Lipinski definition) is 3. The lowest BCUT2D eigenvalue weighted by Gasteiger charge is -2.13. The number of aromatic nitrogens is 2. The third-order valence-electron chi connectivity index (χ3n) is 3.98. The number of anilines is 3. The molecule has 2 heterocycles. The van der Waals surface area contributed by atoms with Crippen LogP contribution in [0, 0.1) is 0 Å². The standard InChI is InChI=1S/C22H21N5O4/c1-14(28)25-18-10-17(11-19(12-18)26-15(2)29)22(30)27-21-20(4-3-7-24-21)31-13-16-5-8-23-9-6-16/h3-12H,13H2,1-2H3,(H,25,28)(H,26,29)(H,24,27,30). The van der Waals surface area contributed by atoms with Crippen LogP contribution in [0.15, 0.2) is 61.1 Å². The van der Waals surface area contributed by atoms with Crippen LogP contribution in [0.5, 0.6) is 5.75 Å². The van der Waals surface area contributed by atoms with Crippen molar-refractivity contribution in [1.82, 2.24) is 9.97 Å². The molecule has 0 unspecified atom stereocenters. The third kappa shape index (κ3) is 6.36. The van der Waals surface area contributed by atoms with E-state index in [4.69, 9.17) is 4.74 Å². The number of nitrogens with zero attached hydrogens (tertiary/aromatic N) is 2. The summed E-state index contributed by atoms with van der Waals surface area (Å²) in [6.07, 6.45) is 4.87. The van der Waals surface area contributed by atoms with Crippen LogP contribution in [0.4, 0.5) is 17.2 Å². The van der Waals surface area contributed by atoms with Gasteiger partial charge in [0, 0.05) is 49.4 Å². The van der Waals surface area contributed by atoms with Crippen molar-refractivity contribution < 1.29 is 19.1 Å². The Kier molecular flexibility index (Phi) is 6.89. The molecule has 9 heteroatoms. The predicted octanol–water partition coefficient (Wildman–Crippen LogP) is 3.22. The van der Waals surface area contributed by atoms with Crippen LogP contribution >= 0.6 is 0 Å². The van der Waals surface area contributed by atoms with E-state index in [-0.39, 0.29) is 29.8 Å². The highest BCUT2D eigenvalue weighted by atomic mass is 16.5. The normalized spacial score (nSPS) is 10.1. The molecule has 0 saturated carbocycles. The van der Waals surface area contributed by atoms with Crippen molar-refractivity contribution in [2.75, 3.05) is 16.0 Å². The predicted molar refractivity (Wildman–Crippen MR) is 116 cm³/mol. The maximum atomic E-state index is 12.9. The molecule has 3 N–H and O–H groups in total. The summed E-state index contributed by atoms with van der Waals surface area (Å²) in [4.78, 5) is 43.9. The van der Waals surface area contributed by atoms with E-state index >= 15 is 0 Å². The zero-order valence-corrected chi connectivity index (χ0v) is 17.0. The van der Waals surface area contributed by atoms with Gasteiger partial charge in [0.2, 0.25) is 11.8 Å². The van der Waals surface area contributed by atoms with Crippen LogP contribution in [-0.2, 0) is 16.2 Å². The van der Waals surface area contributed by atoms with Crippen molar-refractivity contribution in [1.29, 1.82) is 0 Å². The van der Waals surface area contributed by atoms with Crippen LogP contribution in [-0.4, -0.2) is 27.7 Å². The highest BCUT2D eigenvalue weighted by Gasteiger charge is 2.14. The number of nitrogens with one attached hydrogen (secondary N) is 3. The average Bonchev–Trinajstić information content (AvgIpc) is 2.72. The summed E-state index contributed by atoms with van der Waals surface area (Å²) in [5.74, 6) is -0.447. The van der Waals surface area contributed by atoms with E-state index in [1.807, 2.05) is 12.1 Å². The van der Waals surface area contributed by atoms with Gasteiger partial charge in [0.1, 0.15) is 6.61 Å². The molecule has 0 atom stereocenters. The molecule has 0 aliphatic rings. The summed E-state index contributed by atoms with van der Waals surface area (Å²) >= 11 is 0. The molecule has 158 valence electrons. The van der Waals surface area contributed by atoms with Crippen molar-refractivity contribution >= 4 is 34.9 Å². The van der Waals surface area contributed by atoms with Gasteiger partial charge in [-0.25, -0.2) is 4.98 Å². The molecule has 3 amide bonds. The van der Waals surface area contributed by atoms with Crippen molar-refractivity contribution in [3.8, 4) is 5.75 Å². The van der Waals surface area contributed by atoms with Gasteiger partial charge in [0.15, 0.2) is 11.6 Å². The number of benzene rings is 1. The van der Waals surface area contributed by atoms with Gasteiger partial charge in [-0.05, 0) is 48.0 Å². The topological polar surface area (TPSA) is 122 Å². The fraction of sp³-hybridized carbons (Fsp3) is 0.136. The summed E-state index contributed by atoms with van der Waals surface area (Å²) < 4.78 is 5.79. The molecular weight excluding hydrogens is 398 g/mol. The second kappa shape index (κ2) is 9.97. The number of amides is 3. The van der Waals surface area contributed by atoms with Gasteiger partial charge in [0.25, 0.3) is 5.91 Å². The van der Waals surface area contributed by atoms with Crippen LogP contribution < -0.4 is 20.7 Å². The largest absolute Gasteiger partial charge is 0.485 e. The molecule has 31 heavy (non-hydrogen) atoms. The zero-order valence-electron chi connectivity index (χ0n) is 17.0. The molecular formula is C22H21N5O4. The Morgan fingerprint density at radius 1 is 0.871 bits per heavy atom. The molecule has 0 aliphatic carbocycles. The minimum Gasteiger partial charge on any atom is -0.485 e. The summed E-state index contributed by atoms with van der Waals surface area (Å²) in [6, 6.07) is 11.6. The summed E-state index contributed by atoms with van der Waals surface area (Å²) in [7, 11) is 0. The fourth-order valence-electron chi connectivity index (χ4n) is 2.73. The van der Waals surface area contributed by atoms with Gasteiger partial charge >= 0.3 is 0 Å². The summed E-state index contributed by atoms with van der Waals surface area (Å²) in [5, 5.41) is 7.93. The Bertz CT molecular complexity index is 1070. The van der Waals surface area contributed by atoms with E-state index in [9.17, 15) is 14.4 Å². The molecule has 0 aliphatic heterocycles. The van der Waals surface area contributed by atoms with Crippen LogP contribution in [0.1, 0.15) is 29.8 Å². The Morgan fingerprint density at radius 2 is 1.52 bits per heavy atom. The molecule has 9 nitrogen and oxygen atoms in total. The van der Waals surface area contributed by atoms with Crippen LogP contribution in [0.25, 0.3) is 0 Å². The van der Waals surface area contributed by atoms with Gasteiger partial charge in [0.05, 0.1) is 0 Å². The van der Waals surface area contributed by atoms with E-state index in [0.29, 0.717) is 17.1 Å². The lowest BCUT2D eigenvalue weighted by atomic mass is 10.1. The van der Waals surface area contributed by atoms with Gasteiger partial charge in [-0.3, -0.25) is 19.4 Å². The number of hydrogen-bond acceptors (Lipinski definition) is 6. The number of carbonyl (C=O) groups is 3. The van der Waals surface area contributed by atoms with E-state index in [0.717, 1.165) is 5.56 Å². The number of rotatable bonds is 7. The first kappa shape index (κ1) is 21.4. The second-order valence-corrected chi connectivity index (χ2v) is 6.61. The molecule has 3 aromatic rings. The molecule has 0 bridgehead atoms. The van der Waals surface area contributed by atoms with Crippen molar-refractivity contribution in [3.63, 3.8) is 0 Å². The molecule has 0 saturated heterocycles. The maximum absolute atomic E-state index is 12.9. The van der Waals surface area contributed by atoms with Crippen molar-refractivity contribution in [2.45, 2.75) is 20.5 Å². The molecule has 3 rings (SSSR count). The number of ether oxygens (including phenoxy) is 1. The lowest BCUT2D eigenvalue weighted by Crippen LogP contribution is -2.16. The van der Waals surface area contributed by atoms with E-state index < -0.39 is 5.91 Å². The minimum absolute atomic E-state index is 0.223. The second-order valence-electron chi connectivity index (χ2n) is 6.61. The van der Waals surface area contributed by atoms with Crippen LogP contribution in [0.2, 0.25) is 0 Å². The Balaban J connectivity index is 1.80. The molecule has 0 spiro atoms. The molecule has 0 fully saturated rings. The Labute approximate surface area is 178 Å². The summed E-state index contributed by atoms with van der Waals surface area (Å²) in [5.41, 5.74) is 1.89. The fourth-order valence-corrected chi connectivity index (χ4v) is 2.73. The zero-order chi connectivity index (χ0) is 22.2. The Hall–Kier alpha value is -4.27. The number of carbonyl (C=O) groups excluding carboxylic acids is 3. The van der Waals surface area contributed by atoms with E-state index in [1.54, 1.807) is 30.6 Å². The third-order valence-corrected chi connectivity index (χ3v) is 3.98. The monoisotopic (exact) mass is 419 g/mol. The SMILES string of the molecule is CC(=O)Nc1cc(NC(C)=O)cc(C(=O)Nc2ncccc2OCc2ccncc2)c1. The van der Waals surface area contributed by atoms with E-state index in [2.05, 4.69) is 25.9 Å². The van der Waals surface area contributed by atoms with E-state index in [1.165, 1.54) is 32.2 Å². The first-order valence-corrected chi connectivity index (χ1v) is 9.39. The maximum Gasteiger partial charge on any atom is 0.257 e. The Morgan fingerprint density at radius 3 is 2.13 bits per heavy atom. The number of pyridine rings is 2. The minimum atomic E-state index is -0.480. The van der Waals surface area contributed by atoms with Crippen molar-refractivity contribution in [2.24, 2.45) is 0 Å². The first-order valence-electron chi connectivity index (χ1n) is 9.39. The van der Waals surface area contributed by atoms with Gasteiger partial charge in [-0.1, -0.05) is 0 Å². The molecule has 1 aromatic carbocycles. The molecule has 0 radical (unpaired) electrons. The molecule has 2 aromatic heterocycles. The van der Waals surface area contributed by atoms with Gasteiger partial charge in [-0.2, -0.15) is 0 Å². The first-order chi connectivity index (χ1) is 14.9. The quantitative estimate of drug-likeness (QED) is 0.540. The highest BCUT2D eigenvalue weighted by Crippen LogP contribution is 2.25. The van der Waals surface area contributed by atoms with Crippen molar-refractivity contribution in [3.05, 3.63) is 72.2 Å². The average molecular weight is 419 g/mol. The lowest BCUT2D eigenvalue weighted by molar-refractivity contribution is -0.115. The highest BCUT2D eigenvalue weighted by molar-refractivity contribution is 6.06. The smallest absolute Gasteiger partial charge is 0.257 e. The van der Waals surface area contributed by atoms with Crippen LogP contribution in [0.3, 0.4) is 0 Å². The van der Waals surface area contributed by atoms with Gasteiger partial charge in [-0.15, -0.1) is 0 Å². The summed E-state index contributed by atoms with van der Waals surface area (Å²) in [6.45, 7) is 2.98.